The van der Waals surface area contributed by atoms with E-state index in [2.05, 4.69) is 82.7 Å². The smallest absolute Gasteiger partial charge is 0.314 e. The highest BCUT2D eigenvalue weighted by atomic mass is 32.2. The number of aromatic nitrogens is 3. The van der Waals surface area contributed by atoms with E-state index in [4.69, 9.17) is 5.21 Å². The maximum absolute atomic E-state index is 11.1. The summed E-state index contributed by atoms with van der Waals surface area (Å²) in [4.78, 5) is 18.8. The lowest BCUT2D eigenvalue weighted by atomic mass is 10.2. The van der Waals surface area contributed by atoms with E-state index in [0.29, 0.717) is 10.9 Å². The Morgan fingerprint density at radius 1 is 0.906 bits per heavy atom. The molecule has 5 rings (SSSR count). The Morgan fingerprint density at radius 3 is 2.16 bits per heavy atom. The number of benzene rings is 3. The Kier molecular flexibility index (Phi) is 6.72. The Bertz CT molecular complexity index is 1230. The molecule has 0 saturated carbocycles. The minimum atomic E-state index is -0.555. The summed E-state index contributed by atoms with van der Waals surface area (Å²) in [5.74, 6) is 0. The van der Waals surface area contributed by atoms with Gasteiger partial charge in [-0.3, -0.25) is 4.79 Å². The highest BCUT2D eigenvalue weighted by Crippen LogP contribution is 2.47. The van der Waals surface area contributed by atoms with Gasteiger partial charge in [0.2, 0.25) is 0 Å². The predicted octanol–water partition coefficient (Wildman–Crippen LogP) is 4.27. The molecule has 32 heavy (non-hydrogen) atoms. The molecule has 1 aliphatic rings. The van der Waals surface area contributed by atoms with Gasteiger partial charge in [0.15, 0.2) is 0 Å². The Balaban J connectivity index is 0.000000174. The molecule has 0 atom stereocenters. The molecule has 7 nitrogen and oxygen atoms in total. The van der Waals surface area contributed by atoms with Crippen molar-refractivity contribution < 1.29 is 5.21 Å². The number of fused-ring (bicyclic) bond motifs is 3. The van der Waals surface area contributed by atoms with Crippen molar-refractivity contribution in [1.29, 1.82) is 0 Å². The van der Waals surface area contributed by atoms with E-state index in [1.807, 2.05) is 11.8 Å². The number of hydrogen-bond donors (Lipinski definition) is 1. The van der Waals surface area contributed by atoms with Crippen LogP contribution in [0.25, 0.3) is 10.9 Å². The largest absolute Gasteiger partial charge is 0.407 e. The van der Waals surface area contributed by atoms with Crippen LogP contribution in [0.2, 0.25) is 0 Å². The summed E-state index contributed by atoms with van der Waals surface area (Å²) >= 11 is 1.87. The molecule has 2 heterocycles. The van der Waals surface area contributed by atoms with Crippen LogP contribution in [-0.2, 0) is 0 Å². The first-order valence-electron chi connectivity index (χ1n) is 10.4. The number of anilines is 2. The zero-order valence-electron chi connectivity index (χ0n) is 18.0. The van der Waals surface area contributed by atoms with Crippen LogP contribution in [0.4, 0.5) is 11.4 Å². The molecule has 1 aromatic heterocycles. The van der Waals surface area contributed by atoms with Gasteiger partial charge < -0.3 is 15.0 Å². The Morgan fingerprint density at radius 2 is 1.50 bits per heavy atom. The van der Waals surface area contributed by atoms with Crippen molar-refractivity contribution in [2.75, 3.05) is 32.1 Å². The van der Waals surface area contributed by atoms with Crippen molar-refractivity contribution in [3.05, 3.63) is 83.2 Å². The van der Waals surface area contributed by atoms with Crippen molar-refractivity contribution >= 4 is 34.0 Å². The van der Waals surface area contributed by atoms with Crippen molar-refractivity contribution in [3.8, 4) is 0 Å². The molecule has 3 aromatic carbocycles. The van der Waals surface area contributed by atoms with Crippen LogP contribution < -0.4 is 10.5 Å². The zero-order chi connectivity index (χ0) is 22.5. The van der Waals surface area contributed by atoms with Crippen molar-refractivity contribution in [1.82, 2.24) is 20.1 Å². The minimum absolute atomic E-state index is 0.225. The zero-order valence-corrected chi connectivity index (χ0v) is 18.9. The van der Waals surface area contributed by atoms with Crippen LogP contribution in [0.15, 0.2) is 87.4 Å². The molecule has 0 radical (unpaired) electrons. The molecule has 8 heteroatoms. The normalized spacial score (nSPS) is 12.2. The first-order valence-corrected chi connectivity index (χ1v) is 11.2. The summed E-state index contributed by atoms with van der Waals surface area (Å²) in [5.41, 5.74) is 2.61. The summed E-state index contributed by atoms with van der Waals surface area (Å²) < 4.78 is 0. The molecule has 0 bridgehead atoms. The average molecular weight is 448 g/mol. The van der Waals surface area contributed by atoms with Gasteiger partial charge in [-0.25, -0.2) is 0 Å². The Hall–Kier alpha value is -3.36. The molecular weight excluding hydrogens is 422 g/mol. The standard InChI is InChI=1S/C17H20N2S.C7H5N3O2/c1-18(2)12-7-13-19-14-8-3-5-10-16(14)20-17-11-6-4-9-15(17)19;11-7-5-3-1-2-4-6(5)8-9-10(7)12/h3-6,8-11H,7,12-13H2,1-2H3;1-4,12H. The van der Waals surface area contributed by atoms with E-state index < -0.39 is 5.56 Å². The second kappa shape index (κ2) is 9.84. The van der Waals surface area contributed by atoms with Crippen LogP contribution in [0, 0.1) is 0 Å². The van der Waals surface area contributed by atoms with Crippen LogP contribution >= 0.6 is 11.8 Å². The van der Waals surface area contributed by atoms with E-state index in [1.165, 1.54) is 27.6 Å². The van der Waals surface area contributed by atoms with Gasteiger partial charge in [0, 0.05) is 16.3 Å². The van der Waals surface area contributed by atoms with Crippen molar-refractivity contribution in [2.24, 2.45) is 0 Å². The van der Waals surface area contributed by atoms with E-state index in [9.17, 15) is 4.79 Å². The minimum Gasteiger partial charge on any atom is -0.407 e. The van der Waals surface area contributed by atoms with Crippen LogP contribution in [0.3, 0.4) is 0 Å². The summed E-state index contributed by atoms with van der Waals surface area (Å²) in [7, 11) is 4.27. The molecule has 164 valence electrons. The highest BCUT2D eigenvalue weighted by molar-refractivity contribution is 7.99. The molecule has 0 aliphatic carbocycles. The van der Waals surface area contributed by atoms with E-state index in [0.717, 1.165) is 13.1 Å². The van der Waals surface area contributed by atoms with Gasteiger partial charge in [-0.15, -0.1) is 5.10 Å². The van der Waals surface area contributed by atoms with Gasteiger partial charge in [-0.2, -0.15) is 0 Å². The summed E-state index contributed by atoms with van der Waals surface area (Å²) in [5, 5.41) is 16.0. The fourth-order valence-electron chi connectivity index (χ4n) is 3.55. The maximum Gasteiger partial charge on any atom is 0.314 e. The summed E-state index contributed by atoms with van der Waals surface area (Å²) in [6, 6.07) is 24.1. The Labute approximate surface area is 190 Å². The summed E-state index contributed by atoms with van der Waals surface area (Å²) in [6.07, 6.45) is 1.17. The van der Waals surface area contributed by atoms with Crippen LogP contribution in [-0.4, -0.2) is 52.4 Å². The third kappa shape index (κ3) is 4.76. The molecule has 0 saturated heterocycles. The molecule has 0 unspecified atom stereocenters. The van der Waals surface area contributed by atoms with Crippen molar-refractivity contribution in [3.63, 3.8) is 0 Å². The molecule has 0 spiro atoms. The fraction of sp³-hybridized carbons (Fsp3) is 0.208. The molecule has 4 aromatic rings. The second-order valence-corrected chi connectivity index (χ2v) is 8.73. The highest BCUT2D eigenvalue weighted by Gasteiger charge is 2.22. The predicted molar refractivity (Wildman–Crippen MR) is 128 cm³/mol. The molecular formula is C24H25N5O2S. The SMILES string of the molecule is CN(C)CCCN1c2ccccc2Sc2ccccc21.O=c1c2ccccc2nnn1O. The lowest BCUT2D eigenvalue weighted by molar-refractivity contribution is 0.127. The molecule has 1 aliphatic heterocycles. The van der Waals surface area contributed by atoms with Gasteiger partial charge >= 0.3 is 5.56 Å². The van der Waals surface area contributed by atoms with Crippen molar-refractivity contribution in [2.45, 2.75) is 16.2 Å². The molecule has 0 amide bonds. The van der Waals surface area contributed by atoms with E-state index in [-0.39, 0.29) is 4.85 Å². The van der Waals surface area contributed by atoms with E-state index in [1.54, 1.807) is 24.3 Å². The number of rotatable bonds is 4. The third-order valence-electron chi connectivity index (χ3n) is 5.07. The third-order valence-corrected chi connectivity index (χ3v) is 6.20. The monoisotopic (exact) mass is 447 g/mol. The number of nitrogens with zero attached hydrogens (tertiary/aromatic N) is 5. The topological polar surface area (TPSA) is 74.5 Å². The maximum atomic E-state index is 11.1. The number of para-hydroxylation sites is 2. The quantitative estimate of drug-likeness (QED) is 0.468. The first kappa shape index (κ1) is 21.9. The first-order chi connectivity index (χ1) is 15.5. The lowest BCUT2D eigenvalue weighted by Gasteiger charge is -2.33. The van der Waals surface area contributed by atoms with Gasteiger partial charge in [-0.05, 0) is 73.5 Å². The van der Waals surface area contributed by atoms with E-state index >= 15 is 0 Å². The summed E-state index contributed by atoms with van der Waals surface area (Å²) in [6.45, 7) is 2.18. The number of hydrogen-bond acceptors (Lipinski definition) is 7. The fourth-order valence-corrected chi connectivity index (χ4v) is 4.64. The van der Waals surface area contributed by atoms with Gasteiger partial charge in [-0.1, -0.05) is 48.2 Å². The van der Waals surface area contributed by atoms with Crippen LogP contribution in [0.1, 0.15) is 6.42 Å². The molecule has 1 N–H and O–H groups in total. The second-order valence-electron chi connectivity index (χ2n) is 7.65. The molecule has 0 fully saturated rings. The van der Waals surface area contributed by atoms with Gasteiger partial charge in [0.1, 0.15) is 5.52 Å². The van der Waals surface area contributed by atoms with Gasteiger partial charge in [0.25, 0.3) is 0 Å². The van der Waals surface area contributed by atoms with Gasteiger partial charge in [0.05, 0.1) is 16.8 Å². The average Bonchev–Trinajstić information content (AvgIpc) is 2.81. The lowest BCUT2D eigenvalue weighted by Crippen LogP contribution is -2.25. The van der Waals surface area contributed by atoms with Crippen LogP contribution in [0.5, 0.6) is 0 Å².